The SMILES string of the molecule is Cc1nn(C2CC3CC[C@H](C2)N3)c(N)c1/C(Cl)=C(\N)c1ccccc1. The summed E-state index contributed by atoms with van der Waals surface area (Å²) in [5.41, 5.74) is 15.8. The summed E-state index contributed by atoms with van der Waals surface area (Å²) in [6.45, 7) is 1.94. The fourth-order valence-corrected chi connectivity index (χ4v) is 4.56. The highest BCUT2D eigenvalue weighted by Crippen LogP contribution is 2.39. The summed E-state index contributed by atoms with van der Waals surface area (Å²) in [6, 6.07) is 11.2. The molecule has 0 spiro atoms. The summed E-state index contributed by atoms with van der Waals surface area (Å²) in [7, 11) is 0. The molecular formula is C19H24ClN5. The molecule has 2 fully saturated rings. The maximum atomic E-state index is 6.63. The molecule has 5 N–H and O–H groups in total. The van der Waals surface area contributed by atoms with Crippen molar-refractivity contribution in [1.82, 2.24) is 15.1 Å². The van der Waals surface area contributed by atoms with Crippen molar-refractivity contribution in [2.45, 2.75) is 50.7 Å². The molecule has 2 aliphatic rings. The van der Waals surface area contributed by atoms with Crippen LogP contribution < -0.4 is 16.8 Å². The number of rotatable bonds is 3. The Labute approximate surface area is 153 Å². The van der Waals surface area contributed by atoms with Crippen LogP contribution in [0.25, 0.3) is 10.7 Å². The zero-order valence-corrected chi connectivity index (χ0v) is 15.1. The van der Waals surface area contributed by atoms with E-state index in [1.165, 1.54) is 12.8 Å². The molecule has 1 aromatic carbocycles. The first-order valence-electron chi connectivity index (χ1n) is 8.86. The standard InChI is InChI=1S/C19H24ClN5/c1-11-16(17(20)18(21)12-5-3-2-4-6-12)19(22)25(24-11)15-9-13-7-8-14(10-15)23-13/h2-6,13-15,23H,7-10,21-22H2,1H3/b18-17+/t13-,14?,15?/m1/s1. The Morgan fingerprint density at radius 2 is 1.84 bits per heavy atom. The Morgan fingerprint density at radius 3 is 2.48 bits per heavy atom. The van der Waals surface area contributed by atoms with Crippen molar-refractivity contribution in [2.24, 2.45) is 5.73 Å². The minimum atomic E-state index is 0.327. The van der Waals surface area contributed by atoms with Crippen molar-refractivity contribution >= 4 is 28.1 Å². The van der Waals surface area contributed by atoms with Crippen LogP contribution >= 0.6 is 11.6 Å². The lowest BCUT2D eigenvalue weighted by molar-refractivity contribution is 0.284. The van der Waals surface area contributed by atoms with Gasteiger partial charge in [0.25, 0.3) is 0 Å². The van der Waals surface area contributed by atoms with Crippen LogP contribution in [0.15, 0.2) is 30.3 Å². The zero-order chi connectivity index (χ0) is 17.6. The van der Waals surface area contributed by atoms with Crippen LogP contribution in [-0.4, -0.2) is 21.9 Å². The Bertz CT molecular complexity index is 799. The molecule has 2 aromatic rings. The van der Waals surface area contributed by atoms with Crippen LogP contribution in [0.1, 0.15) is 48.5 Å². The minimum Gasteiger partial charge on any atom is -0.397 e. The second-order valence-corrected chi connectivity index (χ2v) is 7.52. The number of nitrogens with zero attached hydrogens (tertiary/aromatic N) is 2. The van der Waals surface area contributed by atoms with Gasteiger partial charge in [0.15, 0.2) is 0 Å². The van der Waals surface area contributed by atoms with Gasteiger partial charge < -0.3 is 16.8 Å². The van der Waals surface area contributed by atoms with E-state index < -0.39 is 0 Å². The number of piperidine rings is 1. The lowest BCUT2D eigenvalue weighted by Crippen LogP contribution is -2.39. The van der Waals surface area contributed by atoms with E-state index >= 15 is 0 Å². The molecule has 2 bridgehead atoms. The fraction of sp³-hybridized carbons (Fsp3) is 0.421. The molecule has 5 nitrogen and oxygen atoms in total. The number of aryl methyl sites for hydroxylation is 1. The van der Waals surface area contributed by atoms with E-state index in [4.69, 9.17) is 28.2 Å². The van der Waals surface area contributed by atoms with Crippen LogP contribution in [0.3, 0.4) is 0 Å². The summed E-state index contributed by atoms with van der Waals surface area (Å²) in [6.07, 6.45) is 4.62. The molecule has 2 saturated heterocycles. The van der Waals surface area contributed by atoms with Gasteiger partial charge in [0.05, 0.1) is 28.0 Å². The number of nitrogens with two attached hydrogens (primary N) is 2. The van der Waals surface area contributed by atoms with Crippen molar-refractivity contribution in [3.63, 3.8) is 0 Å². The number of nitrogen functional groups attached to an aromatic ring is 1. The summed E-state index contributed by atoms with van der Waals surface area (Å²) in [4.78, 5) is 0. The first kappa shape index (κ1) is 16.5. The van der Waals surface area contributed by atoms with E-state index in [9.17, 15) is 0 Å². The Kier molecular flexibility index (Phi) is 4.21. The highest BCUT2D eigenvalue weighted by Gasteiger charge is 2.36. The second kappa shape index (κ2) is 6.39. The molecule has 132 valence electrons. The lowest BCUT2D eigenvalue weighted by Gasteiger charge is -2.29. The molecule has 2 unspecified atom stereocenters. The first-order chi connectivity index (χ1) is 12.0. The van der Waals surface area contributed by atoms with Gasteiger partial charge in [-0.05, 0) is 38.2 Å². The van der Waals surface area contributed by atoms with E-state index in [-0.39, 0.29) is 0 Å². The van der Waals surface area contributed by atoms with Gasteiger partial charge in [-0.2, -0.15) is 5.10 Å². The predicted octanol–water partition coefficient (Wildman–Crippen LogP) is 3.25. The van der Waals surface area contributed by atoms with Crippen molar-refractivity contribution < 1.29 is 0 Å². The van der Waals surface area contributed by atoms with Crippen LogP contribution in [0.4, 0.5) is 5.82 Å². The van der Waals surface area contributed by atoms with Crippen molar-refractivity contribution in [1.29, 1.82) is 0 Å². The third-order valence-corrected chi connectivity index (χ3v) is 5.85. The third-order valence-electron chi connectivity index (χ3n) is 5.46. The molecule has 1 aromatic heterocycles. The third kappa shape index (κ3) is 2.92. The molecule has 4 rings (SSSR count). The van der Waals surface area contributed by atoms with Gasteiger partial charge >= 0.3 is 0 Å². The summed E-state index contributed by atoms with van der Waals surface area (Å²) >= 11 is 6.63. The van der Waals surface area contributed by atoms with Gasteiger partial charge in [0.1, 0.15) is 5.82 Å². The molecule has 0 amide bonds. The van der Waals surface area contributed by atoms with Crippen LogP contribution in [-0.2, 0) is 0 Å². The van der Waals surface area contributed by atoms with Crippen molar-refractivity contribution in [3.05, 3.63) is 47.2 Å². The van der Waals surface area contributed by atoms with Crippen LogP contribution in [0, 0.1) is 6.92 Å². The summed E-state index contributed by atoms with van der Waals surface area (Å²) in [5, 5.41) is 8.85. The maximum absolute atomic E-state index is 6.63. The smallest absolute Gasteiger partial charge is 0.131 e. The molecule has 25 heavy (non-hydrogen) atoms. The monoisotopic (exact) mass is 357 g/mol. The number of aromatic nitrogens is 2. The van der Waals surface area contributed by atoms with Gasteiger partial charge in [-0.1, -0.05) is 41.9 Å². The predicted molar refractivity (Wildman–Crippen MR) is 103 cm³/mol. The first-order valence-corrected chi connectivity index (χ1v) is 9.24. The fourth-order valence-electron chi connectivity index (χ4n) is 4.22. The molecular weight excluding hydrogens is 334 g/mol. The number of halogens is 1. The van der Waals surface area contributed by atoms with Gasteiger partial charge in [-0.25, -0.2) is 4.68 Å². The van der Waals surface area contributed by atoms with Gasteiger partial charge in [-0.15, -0.1) is 0 Å². The Hall–Kier alpha value is -1.98. The molecule has 3 heterocycles. The highest BCUT2D eigenvalue weighted by molar-refractivity contribution is 6.53. The lowest BCUT2D eigenvalue weighted by atomic mass is 10.00. The van der Waals surface area contributed by atoms with E-state index in [0.717, 1.165) is 29.7 Å². The van der Waals surface area contributed by atoms with E-state index in [0.29, 0.717) is 34.7 Å². The highest BCUT2D eigenvalue weighted by atomic mass is 35.5. The number of nitrogens with one attached hydrogen (secondary N) is 1. The van der Waals surface area contributed by atoms with Crippen LogP contribution in [0.5, 0.6) is 0 Å². The van der Waals surface area contributed by atoms with Gasteiger partial charge in [0.2, 0.25) is 0 Å². The van der Waals surface area contributed by atoms with Gasteiger partial charge in [-0.3, -0.25) is 0 Å². The summed E-state index contributed by atoms with van der Waals surface area (Å²) in [5.74, 6) is 0.618. The van der Waals surface area contributed by atoms with E-state index in [2.05, 4.69) is 5.32 Å². The van der Waals surface area contributed by atoms with E-state index in [1.54, 1.807) is 0 Å². The number of hydrogen-bond donors (Lipinski definition) is 3. The topological polar surface area (TPSA) is 81.9 Å². The zero-order valence-electron chi connectivity index (χ0n) is 14.4. The van der Waals surface area contributed by atoms with Crippen LogP contribution in [0.2, 0.25) is 0 Å². The normalized spacial score (nSPS) is 26.6. The largest absolute Gasteiger partial charge is 0.397 e. The van der Waals surface area contributed by atoms with Crippen molar-refractivity contribution in [3.8, 4) is 0 Å². The number of anilines is 1. The quantitative estimate of drug-likeness (QED) is 0.787. The molecule has 0 saturated carbocycles. The molecule has 2 aliphatic heterocycles. The van der Waals surface area contributed by atoms with Crippen molar-refractivity contribution in [2.75, 3.05) is 5.73 Å². The number of fused-ring (bicyclic) bond motifs is 2. The molecule has 0 radical (unpaired) electrons. The average molecular weight is 358 g/mol. The maximum Gasteiger partial charge on any atom is 0.131 e. The van der Waals surface area contributed by atoms with E-state index in [1.807, 2.05) is 41.9 Å². The van der Waals surface area contributed by atoms with Gasteiger partial charge in [0, 0.05) is 12.1 Å². The minimum absolute atomic E-state index is 0.327. The Morgan fingerprint density at radius 1 is 1.20 bits per heavy atom. The molecule has 3 atom stereocenters. The molecule has 6 heteroatoms. The second-order valence-electron chi connectivity index (χ2n) is 7.15. The average Bonchev–Trinajstić information content (AvgIpc) is 3.12. The summed E-state index contributed by atoms with van der Waals surface area (Å²) < 4.78 is 1.97. The molecule has 0 aliphatic carbocycles. The Balaban J connectivity index is 1.71. The number of hydrogen-bond acceptors (Lipinski definition) is 4. The number of benzene rings is 1.